The number of carbonyl (C=O) groups is 1. The molecular weight excluding hydrogens is 357 g/mol. The van der Waals surface area contributed by atoms with E-state index in [1.165, 1.54) is 23.9 Å². The topological polar surface area (TPSA) is 54.4 Å². The van der Waals surface area contributed by atoms with Crippen molar-refractivity contribution in [3.05, 3.63) is 59.9 Å². The van der Waals surface area contributed by atoms with Crippen LogP contribution in [0.5, 0.6) is 0 Å². The lowest BCUT2D eigenvalue weighted by atomic mass is 10.1. The van der Waals surface area contributed by atoms with Crippen LogP contribution in [0.15, 0.2) is 58.0 Å². The minimum absolute atomic E-state index is 0.197. The van der Waals surface area contributed by atoms with Crippen molar-refractivity contribution in [3.8, 4) is 0 Å². The maximum absolute atomic E-state index is 13.0. The molecule has 1 aromatic heterocycles. The van der Waals surface area contributed by atoms with Crippen molar-refractivity contribution in [2.75, 3.05) is 5.75 Å². The van der Waals surface area contributed by atoms with Crippen LogP contribution in [-0.4, -0.2) is 22.4 Å². The number of thioether (sulfide) groups is 1. The number of hydrogen-bond donors (Lipinski definition) is 1. The molecule has 1 N–H and O–H groups in total. The molecule has 128 valence electrons. The molecule has 0 atom stereocenters. The number of rotatable bonds is 6. The third-order valence-electron chi connectivity index (χ3n) is 3.43. The summed E-state index contributed by atoms with van der Waals surface area (Å²) in [5.74, 6) is -0.253. The van der Waals surface area contributed by atoms with Crippen molar-refractivity contribution < 1.29 is 9.18 Å². The van der Waals surface area contributed by atoms with Crippen molar-refractivity contribution in [2.24, 2.45) is 5.10 Å². The number of hydrogen-bond acceptors (Lipinski definition) is 5. The molecule has 0 unspecified atom stereocenters. The van der Waals surface area contributed by atoms with E-state index >= 15 is 0 Å². The number of carbonyl (C=O) groups excluding carboxylic acids is 1. The number of hydrazone groups is 1. The Morgan fingerprint density at radius 3 is 2.72 bits per heavy atom. The second kappa shape index (κ2) is 8.22. The van der Waals surface area contributed by atoms with Crippen LogP contribution < -0.4 is 5.43 Å². The number of nitrogens with one attached hydrogen (secondary N) is 1. The molecule has 2 aromatic carbocycles. The zero-order chi connectivity index (χ0) is 17.6. The van der Waals surface area contributed by atoms with E-state index in [0.717, 1.165) is 20.1 Å². The molecule has 0 bridgehead atoms. The monoisotopic (exact) mass is 373 g/mol. The van der Waals surface area contributed by atoms with E-state index in [9.17, 15) is 9.18 Å². The van der Waals surface area contributed by atoms with Gasteiger partial charge in [0.25, 0.3) is 5.91 Å². The Balaban J connectivity index is 1.58. The normalized spacial score (nSPS) is 11.7. The SMILES string of the molecule is CC/C(=N\NC(=O)CSc1nc2ccccc2s1)c1ccc(F)cc1. The molecule has 0 fully saturated rings. The van der Waals surface area contributed by atoms with Gasteiger partial charge < -0.3 is 0 Å². The Hall–Kier alpha value is -2.25. The number of benzene rings is 2. The third kappa shape index (κ3) is 4.64. The molecule has 1 heterocycles. The summed E-state index contributed by atoms with van der Waals surface area (Å²) in [6, 6.07) is 13.9. The summed E-state index contributed by atoms with van der Waals surface area (Å²) in [7, 11) is 0. The molecule has 1 amide bonds. The summed E-state index contributed by atoms with van der Waals surface area (Å²) < 4.78 is 15.0. The van der Waals surface area contributed by atoms with Gasteiger partial charge in [0.15, 0.2) is 4.34 Å². The van der Waals surface area contributed by atoms with E-state index in [0.29, 0.717) is 12.1 Å². The lowest BCUT2D eigenvalue weighted by Gasteiger charge is -2.05. The summed E-state index contributed by atoms with van der Waals surface area (Å²) >= 11 is 2.95. The lowest BCUT2D eigenvalue weighted by molar-refractivity contribution is -0.118. The van der Waals surface area contributed by atoms with E-state index in [1.54, 1.807) is 23.5 Å². The van der Waals surface area contributed by atoms with Crippen LogP contribution in [0.2, 0.25) is 0 Å². The first-order chi connectivity index (χ1) is 12.2. The van der Waals surface area contributed by atoms with Crippen LogP contribution in [-0.2, 0) is 4.79 Å². The fraction of sp³-hybridized carbons (Fsp3) is 0.167. The molecule has 25 heavy (non-hydrogen) atoms. The van der Waals surface area contributed by atoms with Crippen molar-refractivity contribution in [2.45, 2.75) is 17.7 Å². The predicted molar refractivity (Wildman–Crippen MR) is 102 cm³/mol. The Bertz CT molecular complexity index is 873. The number of nitrogens with zero attached hydrogens (tertiary/aromatic N) is 2. The van der Waals surface area contributed by atoms with Crippen molar-refractivity contribution in [1.82, 2.24) is 10.4 Å². The highest BCUT2D eigenvalue weighted by atomic mass is 32.2. The maximum atomic E-state index is 13.0. The summed E-state index contributed by atoms with van der Waals surface area (Å²) in [6.45, 7) is 1.93. The molecule has 3 aromatic rings. The first kappa shape index (κ1) is 17.6. The average Bonchev–Trinajstić information content (AvgIpc) is 3.05. The Morgan fingerprint density at radius 1 is 1.24 bits per heavy atom. The summed E-state index contributed by atoms with van der Waals surface area (Å²) in [4.78, 5) is 16.5. The number of amides is 1. The zero-order valence-corrected chi connectivity index (χ0v) is 15.2. The first-order valence-electron chi connectivity index (χ1n) is 7.75. The van der Waals surface area contributed by atoms with Gasteiger partial charge in [-0.3, -0.25) is 4.79 Å². The molecule has 3 rings (SSSR count). The fourth-order valence-electron chi connectivity index (χ4n) is 2.19. The van der Waals surface area contributed by atoms with Gasteiger partial charge in [-0.05, 0) is 36.2 Å². The average molecular weight is 373 g/mol. The van der Waals surface area contributed by atoms with Crippen molar-refractivity contribution in [1.29, 1.82) is 0 Å². The second-order valence-corrected chi connectivity index (χ2v) is 7.44. The highest BCUT2D eigenvalue weighted by Crippen LogP contribution is 2.28. The smallest absolute Gasteiger partial charge is 0.250 e. The van der Waals surface area contributed by atoms with E-state index < -0.39 is 0 Å². The maximum Gasteiger partial charge on any atom is 0.250 e. The van der Waals surface area contributed by atoms with Crippen LogP contribution in [0.3, 0.4) is 0 Å². The number of fused-ring (bicyclic) bond motifs is 1. The van der Waals surface area contributed by atoms with E-state index in [4.69, 9.17) is 0 Å². The molecule has 0 saturated heterocycles. The fourth-order valence-corrected chi connectivity index (χ4v) is 4.05. The van der Waals surface area contributed by atoms with Crippen LogP contribution >= 0.6 is 23.1 Å². The van der Waals surface area contributed by atoms with Gasteiger partial charge in [-0.2, -0.15) is 5.10 Å². The van der Waals surface area contributed by atoms with E-state index in [-0.39, 0.29) is 17.5 Å². The van der Waals surface area contributed by atoms with Gasteiger partial charge in [-0.15, -0.1) is 11.3 Å². The third-order valence-corrected chi connectivity index (χ3v) is 5.61. The molecule has 0 radical (unpaired) electrons. The molecule has 7 heteroatoms. The first-order valence-corrected chi connectivity index (χ1v) is 9.55. The second-order valence-electron chi connectivity index (χ2n) is 5.19. The largest absolute Gasteiger partial charge is 0.272 e. The van der Waals surface area contributed by atoms with Crippen LogP contribution in [0.4, 0.5) is 4.39 Å². The highest BCUT2D eigenvalue weighted by Gasteiger charge is 2.08. The number of thiazole rings is 1. The van der Waals surface area contributed by atoms with Crippen LogP contribution in [0.1, 0.15) is 18.9 Å². The zero-order valence-electron chi connectivity index (χ0n) is 13.5. The van der Waals surface area contributed by atoms with Crippen LogP contribution in [0, 0.1) is 5.82 Å². The summed E-state index contributed by atoms with van der Waals surface area (Å²) in [6.07, 6.45) is 0.636. The number of para-hydroxylation sites is 1. The van der Waals surface area contributed by atoms with Crippen molar-refractivity contribution >= 4 is 44.9 Å². The molecule has 0 aliphatic rings. The van der Waals surface area contributed by atoms with Gasteiger partial charge >= 0.3 is 0 Å². The van der Waals surface area contributed by atoms with Gasteiger partial charge in [0, 0.05) is 0 Å². The minimum Gasteiger partial charge on any atom is -0.272 e. The van der Waals surface area contributed by atoms with Crippen LogP contribution in [0.25, 0.3) is 10.2 Å². The van der Waals surface area contributed by atoms with Gasteiger partial charge in [0.05, 0.1) is 21.7 Å². The standard InChI is InChI=1S/C18H16FN3OS2/c1-2-14(12-7-9-13(19)10-8-12)21-22-17(23)11-24-18-20-15-5-3-4-6-16(15)25-18/h3-10H,2,11H2,1H3,(H,22,23)/b21-14+. The Morgan fingerprint density at radius 2 is 2.00 bits per heavy atom. The summed E-state index contributed by atoms with van der Waals surface area (Å²) in [5.41, 5.74) is 5.01. The summed E-state index contributed by atoms with van der Waals surface area (Å²) in [5, 5.41) is 4.16. The molecule has 0 aliphatic heterocycles. The molecule has 0 saturated carbocycles. The quantitative estimate of drug-likeness (QED) is 0.394. The van der Waals surface area contributed by atoms with Gasteiger partial charge in [-0.1, -0.05) is 43.0 Å². The minimum atomic E-state index is -0.296. The van der Waals surface area contributed by atoms with E-state index in [2.05, 4.69) is 15.5 Å². The molecule has 0 spiro atoms. The van der Waals surface area contributed by atoms with Gasteiger partial charge in [0.2, 0.25) is 0 Å². The highest BCUT2D eigenvalue weighted by molar-refractivity contribution is 8.01. The van der Waals surface area contributed by atoms with E-state index in [1.807, 2.05) is 31.2 Å². The Kier molecular flexibility index (Phi) is 5.78. The lowest BCUT2D eigenvalue weighted by Crippen LogP contribution is -2.21. The molecule has 0 aliphatic carbocycles. The Labute approximate surface area is 153 Å². The molecule has 4 nitrogen and oxygen atoms in total. The van der Waals surface area contributed by atoms with Crippen molar-refractivity contribution in [3.63, 3.8) is 0 Å². The van der Waals surface area contributed by atoms with Gasteiger partial charge in [-0.25, -0.2) is 14.8 Å². The van der Waals surface area contributed by atoms with Gasteiger partial charge in [0.1, 0.15) is 5.82 Å². The number of aromatic nitrogens is 1. The predicted octanol–water partition coefficient (Wildman–Crippen LogP) is 4.46. The number of halogens is 1. The molecular formula is C18H16FN3OS2.